The fraction of sp³-hybridized carbons (Fsp3) is 0.188. The Hall–Kier alpha value is -2.53. The predicted octanol–water partition coefficient (Wildman–Crippen LogP) is 2.61. The van der Waals surface area contributed by atoms with Gasteiger partial charge in [-0.3, -0.25) is 0 Å². The summed E-state index contributed by atoms with van der Waals surface area (Å²) in [4.78, 5) is 16.7. The third-order valence-corrected chi connectivity index (χ3v) is 3.42. The second kappa shape index (κ2) is 5.85. The summed E-state index contributed by atoms with van der Waals surface area (Å²) in [7, 11) is 1.69. The van der Waals surface area contributed by atoms with Gasteiger partial charge in [-0.1, -0.05) is 24.3 Å². The SMILES string of the molecule is COCc1ccccc1CNc1ccc2[nH]c(=O)[nH]c2c1. The molecule has 3 N–H and O–H groups in total. The number of methoxy groups -OCH3 is 1. The van der Waals surface area contributed by atoms with Crippen molar-refractivity contribution in [1.29, 1.82) is 0 Å². The molecule has 0 aliphatic rings. The molecule has 0 aliphatic heterocycles. The lowest BCUT2D eigenvalue weighted by Gasteiger charge is -2.11. The smallest absolute Gasteiger partial charge is 0.323 e. The minimum atomic E-state index is -0.187. The number of aromatic nitrogens is 2. The van der Waals surface area contributed by atoms with Crippen molar-refractivity contribution < 1.29 is 4.74 Å². The molecule has 5 heteroatoms. The zero-order valence-electron chi connectivity index (χ0n) is 11.8. The maximum atomic E-state index is 11.3. The van der Waals surface area contributed by atoms with Gasteiger partial charge in [0.15, 0.2) is 0 Å². The second-order valence-corrected chi connectivity index (χ2v) is 4.89. The Balaban J connectivity index is 1.78. The normalized spacial score (nSPS) is 10.9. The minimum absolute atomic E-state index is 0.187. The van der Waals surface area contributed by atoms with Crippen molar-refractivity contribution in [1.82, 2.24) is 9.97 Å². The molecule has 0 amide bonds. The number of rotatable bonds is 5. The molecular formula is C16H17N3O2. The van der Waals surface area contributed by atoms with Gasteiger partial charge in [0.25, 0.3) is 0 Å². The lowest BCUT2D eigenvalue weighted by atomic mass is 10.1. The van der Waals surface area contributed by atoms with Gasteiger partial charge in [0.1, 0.15) is 0 Å². The Morgan fingerprint density at radius 3 is 2.62 bits per heavy atom. The molecule has 5 nitrogen and oxygen atoms in total. The molecule has 0 radical (unpaired) electrons. The number of nitrogens with one attached hydrogen (secondary N) is 3. The first-order valence-corrected chi connectivity index (χ1v) is 6.78. The zero-order chi connectivity index (χ0) is 14.7. The van der Waals surface area contributed by atoms with Crippen LogP contribution in [0.25, 0.3) is 11.0 Å². The van der Waals surface area contributed by atoms with Gasteiger partial charge in [-0.2, -0.15) is 0 Å². The van der Waals surface area contributed by atoms with Gasteiger partial charge in [0.2, 0.25) is 0 Å². The Morgan fingerprint density at radius 1 is 1.05 bits per heavy atom. The maximum Gasteiger partial charge on any atom is 0.323 e. The summed E-state index contributed by atoms with van der Waals surface area (Å²) in [6.45, 7) is 1.31. The summed E-state index contributed by atoms with van der Waals surface area (Å²) in [6, 6.07) is 13.9. The Labute approximate surface area is 122 Å². The first kappa shape index (κ1) is 13.5. The van der Waals surface area contributed by atoms with E-state index in [0.717, 1.165) is 16.7 Å². The maximum absolute atomic E-state index is 11.3. The number of ether oxygens (including phenoxy) is 1. The average molecular weight is 283 g/mol. The van der Waals surface area contributed by atoms with Crippen LogP contribution in [-0.4, -0.2) is 17.1 Å². The van der Waals surface area contributed by atoms with Crippen LogP contribution < -0.4 is 11.0 Å². The van der Waals surface area contributed by atoms with E-state index >= 15 is 0 Å². The van der Waals surface area contributed by atoms with Gasteiger partial charge in [-0.25, -0.2) is 4.79 Å². The molecule has 0 unspecified atom stereocenters. The molecular weight excluding hydrogens is 266 g/mol. The molecule has 0 bridgehead atoms. The average Bonchev–Trinajstić information content (AvgIpc) is 2.86. The van der Waals surface area contributed by atoms with E-state index in [4.69, 9.17) is 4.74 Å². The van der Waals surface area contributed by atoms with Gasteiger partial charge in [0.05, 0.1) is 17.6 Å². The molecule has 1 heterocycles. The summed E-state index contributed by atoms with van der Waals surface area (Å²) < 4.78 is 5.21. The number of hydrogen-bond acceptors (Lipinski definition) is 3. The van der Waals surface area contributed by atoms with Crippen LogP contribution in [0.2, 0.25) is 0 Å². The standard InChI is InChI=1S/C16H17N3O2/c1-21-10-12-5-3-2-4-11(12)9-17-13-6-7-14-15(8-13)19-16(20)18-14/h2-8,17H,9-10H2,1H3,(H2,18,19,20). The van der Waals surface area contributed by atoms with Gasteiger partial charge < -0.3 is 20.0 Å². The van der Waals surface area contributed by atoms with E-state index in [1.165, 1.54) is 11.1 Å². The van der Waals surface area contributed by atoms with Crippen LogP contribution in [0.1, 0.15) is 11.1 Å². The first-order valence-electron chi connectivity index (χ1n) is 6.78. The highest BCUT2D eigenvalue weighted by molar-refractivity contribution is 5.78. The predicted molar refractivity (Wildman–Crippen MR) is 83.4 cm³/mol. The molecule has 0 saturated heterocycles. The van der Waals surface area contributed by atoms with Crippen molar-refractivity contribution in [2.45, 2.75) is 13.2 Å². The van der Waals surface area contributed by atoms with Crippen molar-refractivity contribution >= 4 is 16.7 Å². The number of imidazole rings is 1. The van der Waals surface area contributed by atoms with Gasteiger partial charge in [-0.15, -0.1) is 0 Å². The molecule has 0 saturated carbocycles. The number of H-pyrrole nitrogens is 2. The summed E-state index contributed by atoms with van der Waals surface area (Å²) >= 11 is 0. The number of anilines is 1. The van der Waals surface area contributed by atoms with Gasteiger partial charge >= 0.3 is 5.69 Å². The van der Waals surface area contributed by atoms with Crippen molar-refractivity contribution in [2.24, 2.45) is 0 Å². The van der Waals surface area contributed by atoms with Crippen LogP contribution >= 0.6 is 0 Å². The second-order valence-electron chi connectivity index (χ2n) is 4.89. The number of hydrogen-bond donors (Lipinski definition) is 3. The van der Waals surface area contributed by atoms with E-state index in [2.05, 4.69) is 27.4 Å². The highest BCUT2D eigenvalue weighted by Gasteiger charge is 2.03. The Bertz CT molecular complexity index is 804. The third kappa shape index (κ3) is 2.98. The van der Waals surface area contributed by atoms with E-state index in [9.17, 15) is 4.79 Å². The molecule has 1 aromatic heterocycles. The quantitative estimate of drug-likeness (QED) is 0.674. The van der Waals surface area contributed by atoms with E-state index in [1.807, 2.05) is 30.3 Å². The monoisotopic (exact) mass is 283 g/mol. The number of fused-ring (bicyclic) bond motifs is 1. The van der Waals surface area contributed by atoms with Crippen LogP contribution in [-0.2, 0) is 17.9 Å². The van der Waals surface area contributed by atoms with Crippen LogP contribution in [0.5, 0.6) is 0 Å². The summed E-state index contributed by atoms with van der Waals surface area (Å²) in [5.41, 5.74) is 4.75. The molecule has 3 aromatic rings. The lowest BCUT2D eigenvalue weighted by Crippen LogP contribution is -2.03. The van der Waals surface area contributed by atoms with Crippen molar-refractivity contribution in [2.75, 3.05) is 12.4 Å². The summed E-state index contributed by atoms with van der Waals surface area (Å²) in [5, 5.41) is 3.37. The van der Waals surface area contributed by atoms with Crippen LogP contribution in [0, 0.1) is 0 Å². The van der Waals surface area contributed by atoms with Crippen LogP contribution in [0.15, 0.2) is 47.3 Å². The fourth-order valence-electron chi connectivity index (χ4n) is 2.37. The van der Waals surface area contributed by atoms with E-state index < -0.39 is 0 Å². The van der Waals surface area contributed by atoms with Crippen molar-refractivity contribution in [3.63, 3.8) is 0 Å². The molecule has 21 heavy (non-hydrogen) atoms. The first-order chi connectivity index (χ1) is 10.3. The lowest BCUT2D eigenvalue weighted by molar-refractivity contribution is 0.184. The van der Waals surface area contributed by atoms with Crippen molar-refractivity contribution in [3.8, 4) is 0 Å². The molecule has 108 valence electrons. The third-order valence-electron chi connectivity index (χ3n) is 3.42. The Kier molecular flexibility index (Phi) is 3.75. The van der Waals surface area contributed by atoms with Gasteiger partial charge in [-0.05, 0) is 29.3 Å². The number of benzene rings is 2. The molecule has 0 atom stereocenters. The fourth-order valence-corrected chi connectivity index (χ4v) is 2.37. The highest BCUT2D eigenvalue weighted by Crippen LogP contribution is 2.17. The van der Waals surface area contributed by atoms with Crippen molar-refractivity contribution in [3.05, 3.63) is 64.1 Å². The summed E-state index contributed by atoms with van der Waals surface area (Å²) in [6.07, 6.45) is 0. The minimum Gasteiger partial charge on any atom is -0.381 e. The Morgan fingerprint density at radius 2 is 1.81 bits per heavy atom. The molecule has 0 aliphatic carbocycles. The number of aromatic amines is 2. The molecule has 0 fully saturated rings. The van der Waals surface area contributed by atoms with Gasteiger partial charge in [0, 0.05) is 19.3 Å². The largest absolute Gasteiger partial charge is 0.381 e. The molecule has 2 aromatic carbocycles. The van der Waals surface area contributed by atoms with Crippen LogP contribution in [0.3, 0.4) is 0 Å². The topological polar surface area (TPSA) is 69.9 Å². The van der Waals surface area contributed by atoms with E-state index in [-0.39, 0.29) is 5.69 Å². The highest BCUT2D eigenvalue weighted by atomic mass is 16.5. The molecule has 0 spiro atoms. The van der Waals surface area contributed by atoms with E-state index in [0.29, 0.717) is 13.2 Å². The summed E-state index contributed by atoms with van der Waals surface area (Å²) in [5.74, 6) is 0. The van der Waals surface area contributed by atoms with E-state index in [1.54, 1.807) is 7.11 Å². The molecule has 3 rings (SSSR count). The van der Waals surface area contributed by atoms with Crippen LogP contribution in [0.4, 0.5) is 5.69 Å². The zero-order valence-corrected chi connectivity index (χ0v) is 11.8.